The van der Waals surface area contributed by atoms with Gasteiger partial charge in [-0.3, -0.25) is 10.3 Å². The van der Waals surface area contributed by atoms with E-state index in [2.05, 4.69) is 5.48 Å². The maximum Gasteiger partial charge on any atom is 0.123 e. The van der Waals surface area contributed by atoms with Gasteiger partial charge >= 0.3 is 0 Å². The minimum atomic E-state index is -0.270. The molecule has 2 aromatic rings. The first kappa shape index (κ1) is 11.9. The molecule has 0 aromatic heterocycles. The van der Waals surface area contributed by atoms with Crippen molar-refractivity contribution in [3.05, 3.63) is 64.9 Å². The van der Waals surface area contributed by atoms with Crippen LogP contribution in [0, 0.1) is 5.82 Å². The Morgan fingerprint density at radius 1 is 1.12 bits per heavy atom. The number of anilines is 1. The number of rotatable bonds is 4. The molecule has 4 heteroatoms. The first-order valence-electron chi connectivity index (χ1n) is 5.12. The zero-order chi connectivity index (χ0) is 12.1. The minimum absolute atomic E-state index is 0.270. The van der Waals surface area contributed by atoms with Crippen molar-refractivity contribution < 1.29 is 9.23 Å². The van der Waals surface area contributed by atoms with Crippen LogP contribution in [0.2, 0.25) is 5.02 Å². The van der Waals surface area contributed by atoms with E-state index in [-0.39, 0.29) is 12.4 Å². The van der Waals surface area contributed by atoms with Gasteiger partial charge in [0.05, 0.1) is 12.3 Å². The third-order valence-corrected chi connectivity index (χ3v) is 2.38. The van der Waals surface area contributed by atoms with Crippen molar-refractivity contribution in [2.75, 3.05) is 5.48 Å². The van der Waals surface area contributed by atoms with E-state index < -0.39 is 0 Å². The van der Waals surface area contributed by atoms with Gasteiger partial charge < -0.3 is 0 Å². The lowest BCUT2D eigenvalue weighted by molar-refractivity contribution is 0.180. The Bertz CT molecular complexity index is 459. The van der Waals surface area contributed by atoms with E-state index in [9.17, 15) is 4.39 Å². The number of hydrogen-bond acceptors (Lipinski definition) is 2. The van der Waals surface area contributed by atoms with E-state index in [1.807, 2.05) is 12.1 Å². The van der Waals surface area contributed by atoms with Crippen molar-refractivity contribution in [1.82, 2.24) is 0 Å². The van der Waals surface area contributed by atoms with Crippen LogP contribution in [0.4, 0.5) is 10.1 Å². The molecule has 0 atom stereocenters. The molecule has 0 aliphatic rings. The highest BCUT2D eigenvalue weighted by molar-refractivity contribution is 6.30. The van der Waals surface area contributed by atoms with Crippen molar-refractivity contribution in [1.29, 1.82) is 0 Å². The summed E-state index contributed by atoms with van der Waals surface area (Å²) >= 11 is 5.82. The molecule has 0 bridgehead atoms. The van der Waals surface area contributed by atoms with Gasteiger partial charge in [0.1, 0.15) is 5.82 Å². The summed E-state index contributed by atoms with van der Waals surface area (Å²) in [5.41, 5.74) is 4.27. The van der Waals surface area contributed by atoms with Gasteiger partial charge in [-0.1, -0.05) is 29.8 Å². The van der Waals surface area contributed by atoms with Gasteiger partial charge in [0.2, 0.25) is 0 Å². The summed E-state index contributed by atoms with van der Waals surface area (Å²) in [7, 11) is 0. The Hall–Kier alpha value is -1.58. The first-order valence-corrected chi connectivity index (χ1v) is 5.50. The zero-order valence-corrected chi connectivity index (χ0v) is 9.75. The lowest BCUT2D eigenvalue weighted by Gasteiger charge is -2.07. The molecule has 0 aliphatic carbocycles. The molecular weight excluding hydrogens is 241 g/mol. The predicted octanol–water partition coefficient (Wildman–Crippen LogP) is 4.02. The standard InChI is InChI=1S/C13H11ClFNO/c14-11-4-2-6-13(8-11)16-17-9-10-3-1-5-12(15)7-10/h1-8,16H,9H2. The highest BCUT2D eigenvalue weighted by Crippen LogP contribution is 2.15. The predicted molar refractivity (Wildman–Crippen MR) is 66.3 cm³/mol. The minimum Gasteiger partial charge on any atom is -0.271 e. The number of halogens is 2. The van der Waals surface area contributed by atoms with Crippen molar-refractivity contribution in [2.24, 2.45) is 0 Å². The fourth-order valence-corrected chi connectivity index (χ4v) is 1.57. The van der Waals surface area contributed by atoms with E-state index in [1.54, 1.807) is 24.3 Å². The lowest BCUT2D eigenvalue weighted by atomic mass is 10.2. The Balaban J connectivity index is 1.87. The molecule has 0 fully saturated rings. The van der Waals surface area contributed by atoms with Gasteiger partial charge in [0.15, 0.2) is 0 Å². The molecule has 2 aromatic carbocycles. The highest BCUT2D eigenvalue weighted by atomic mass is 35.5. The Morgan fingerprint density at radius 3 is 2.71 bits per heavy atom. The second-order valence-electron chi connectivity index (χ2n) is 3.53. The molecule has 0 amide bonds. The summed E-state index contributed by atoms with van der Waals surface area (Å²) in [5.74, 6) is -0.270. The molecule has 2 rings (SSSR count). The number of benzene rings is 2. The largest absolute Gasteiger partial charge is 0.271 e. The summed E-state index contributed by atoms with van der Waals surface area (Å²) in [6.45, 7) is 0.282. The Kier molecular flexibility index (Phi) is 3.96. The molecule has 88 valence electrons. The molecule has 2 nitrogen and oxygen atoms in total. The van der Waals surface area contributed by atoms with Crippen LogP contribution in [0.25, 0.3) is 0 Å². The molecule has 0 unspecified atom stereocenters. The van der Waals surface area contributed by atoms with Gasteiger partial charge in [-0.05, 0) is 35.9 Å². The van der Waals surface area contributed by atoms with Crippen molar-refractivity contribution >= 4 is 17.3 Å². The quantitative estimate of drug-likeness (QED) is 0.829. The van der Waals surface area contributed by atoms with Crippen LogP contribution in [-0.4, -0.2) is 0 Å². The molecule has 0 aliphatic heterocycles. The highest BCUT2D eigenvalue weighted by Gasteiger charge is 1.97. The van der Waals surface area contributed by atoms with Crippen LogP contribution in [0.5, 0.6) is 0 Å². The van der Waals surface area contributed by atoms with Crippen LogP contribution in [0.15, 0.2) is 48.5 Å². The smallest absolute Gasteiger partial charge is 0.123 e. The summed E-state index contributed by atoms with van der Waals surface area (Å²) in [4.78, 5) is 5.24. The Morgan fingerprint density at radius 2 is 1.94 bits per heavy atom. The van der Waals surface area contributed by atoms with E-state index in [0.717, 1.165) is 11.3 Å². The average Bonchev–Trinajstić information content (AvgIpc) is 2.29. The molecule has 0 spiro atoms. The van der Waals surface area contributed by atoms with Crippen molar-refractivity contribution in [3.8, 4) is 0 Å². The first-order chi connectivity index (χ1) is 8.24. The molecule has 0 radical (unpaired) electrons. The van der Waals surface area contributed by atoms with Gasteiger partial charge in [-0.2, -0.15) is 0 Å². The lowest BCUT2D eigenvalue weighted by Crippen LogP contribution is -2.01. The van der Waals surface area contributed by atoms with Crippen LogP contribution in [0.3, 0.4) is 0 Å². The summed E-state index contributed by atoms with van der Waals surface area (Å²) in [6, 6.07) is 13.4. The fourth-order valence-electron chi connectivity index (χ4n) is 1.38. The van der Waals surface area contributed by atoms with Gasteiger partial charge in [-0.15, -0.1) is 0 Å². The van der Waals surface area contributed by atoms with E-state index in [1.165, 1.54) is 12.1 Å². The SMILES string of the molecule is Fc1cccc(CONc2cccc(Cl)c2)c1. The molecular formula is C13H11ClFNO. The van der Waals surface area contributed by atoms with E-state index in [0.29, 0.717) is 5.02 Å². The second-order valence-corrected chi connectivity index (χ2v) is 3.97. The van der Waals surface area contributed by atoms with Crippen molar-refractivity contribution in [3.63, 3.8) is 0 Å². The average molecular weight is 252 g/mol. The number of hydrogen-bond donors (Lipinski definition) is 1. The van der Waals surface area contributed by atoms with Crippen LogP contribution in [-0.2, 0) is 11.4 Å². The van der Waals surface area contributed by atoms with Gasteiger partial charge in [-0.25, -0.2) is 4.39 Å². The maximum atomic E-state index is 12.9. The second kappa shape index (κ2) is 5.66. The molecule has 0 saturated heterocycles. The molecule has 0 heterocycles. The van der Waals surface area contributed by atoms with Crippen LogP contribution in [0.1, 0.15) is 5.56 Å². The van der Waals surface area contributed by atoms with Crippen molar-refractivity contribution in [2.45, 2.75) is 6.61 Å². The van der Waals surface area contributed by atoms with E-state index >= 15 is 0 Å². The van der Waals surface area contributed by atoms with Gasteiger partial charge in [0.25, 0.3) is 0 Å². The normalized spacial score (nSPS) is 10.2. The third-order valence-electron chi connectivity index (χ3n) is 2.14. The number of nitrogens with one attached hydrogen (secondary N) is 1. The fraction of sp³-hybridized carbons (Fsp3) is 0.0769. The summed E-state index contributed by atoms with van der Waals surface area (Å²) in [6.07, 6.45) is 0. The third kappa shape index (κ3) is 3.73. The maximum absolute atomic E-state index is 12.9. The Labute approximate surface area is 104 Å². The molecule has 17 heavy (non-hydrogen) atoms. The van der Waals surface area contributed by atoms with Gasteiger partial charge in [0, 0.05) is 5.02 Å². The molecule has 0 saturated carbocycles. The summed E-state index contributed by atoms with van der Waals surface area (Å²) in [5, 5.41) is 0.629. The van der Waals surface area contributed by atoms with E-state index in [4.69, 9.17) is 16.4 Å². The molecule has 1 N–H and O–H groups in total. The zero-order valence-electron chi connectivity index (χ0n) is 8.99. The van der Waals surface area contributed by atoms with Crippen LogP contribution >= 0.6 is 11.6 Å². The summed E-state index contributed by atoms with van der Waals surface area (Å²) < 4.78 is 12.9. The monoisotopic (exact) mass is 251 g/mol. The van der Waals surface area contributed by atoms with Crippen LogP contribution < -0.4 is 5.48 Å². The topological polar surface area (TPSA) is 21.3 Å².